The first-order valence-corrected chi connectivity index (χ1v) is 12.4. The lowest BCUT2D eigenvalue weighted by molar-refractivity contribution is 0.0114. The smallest absolute Gasteiger partial charge is 0.411 e. The van der Waals surface area contributed by atoms with Crippen LogP contribution < -0.4 is 0 Å². The van der Waals surface area contributed by atoms with Crippen molar-refractivity contribution in [2.24, 2.45) is 0 Å². The third-order valence-electron chi connectivity index (χ3n) is 5.33. The lowest BCUT2D eigenvalue weighted by Gasteiger charge is -2.38. The van der Waals surface area contributed by atoms with Crippen molar-refractivity contribution < 1.29 is 14.0 Å². The van der Waals surface area contributed by atoms with Crippen molar-refractivity contribution in [1.82, 2.24) is 9.88 Å². The third kappa shape index (κ3) is 4.99. The first-order valence-electron chi connectivity index (χ1n) is 9.50. The van der Waals surface area contributed by atoms with Gasteiger partial charge in [-0.1, -0.05) is 33.4 Å². The minimum absolute atomic E-state index is 0.102. The summed E-state index contributed by atoms with van der Waals surface area (Å²) in [5.41, 5.74) is 2.33. The Hall–Kier alpha value is -1.66. The quantitative estimate of drug-likeness (QED) is 0.634. The summed E-state index contributed by atoms with van der Waals surface area (Å²) in [6, 6.07) is 1.81. The fourth-order valence-electron chi connectivity index (χ4n) is 2.70. The van der Waals surface area contributed by atoms with Crippen LogP contribution in [-0.2, 0) is 15.7 Å². The maximum absolute atomic E-state index is 12.8. The zero-order valence-electron chi connectivity index (χ0n) is 18.0. The second-order valence-electron chi connectivity index (χ2n) is 9.71. The maximum atomic E-state index is 12.8. The van der Waals surface area contributed by atoms with Gasteiger partial charge in [0, 0.05) is 6.20 Å². The summed E-state index contributed by atoms with van der Waals surface area (Å²) in [6.07, 6.45) is 3.23. The summed E-state index contributed by atoms with van der Waals surface area (Å²) < 4.78 is 12.1. The lowest BCUT2D eigenvalue weighted by Crippen LogP contribution is -2.44. The molecule has 27 heavy (non-hydrogen) atoms. The number of pyridine rings is 1. The molecule has 1 aliphatic heterocycles. The van der Waals surface area contributed by atoms with E-state index < -0.39 is 13.9 Å². The highest BCUT2D eigenvalue weighted by atomic mass is 28.4. The van der Waals surface area contributed by atoms with E-state index in [0.717, 1.165) is 16.8 Å². The Morgan fingerprint density at radius 1 is 1.33 bits per heavy atom. The minimum Gasteiger partial charge on any atom is -0.444 e. The number of hydrogen-bond donors (Lipinski definition) is 0. The maximum Gasteiger partial charge on any atom is 0.411 e. The van der Waals surface area contributed by atoms with Crippen LogP contribution in [0.1, 0.15) is 64.4 Å². The van der Waals surface area contributed by atoms with E-state index in [0.29, 0.717) is 13.2 Å². The number of amides is 1. The molecule has 0 saturated heterocycles. The molecular weight excluding hydrogens is 356 g/mol. The number of ether oxygens (including phenoxy) is 1. The highest BCUT2D eigenvalue weighted by Crippen LogP contribution is 2.39. The molecule has 1 aromatic heterocycles. The molecule has 0 aliphatic carbocycles. The van der Waals surface area contributed by atoms with E-state index in [4.69, 9.17) is 9.16 Å². The number of hydrogen-bond acceptors (Lipinski definition) is 4. The molecule has 1 amide bonds. The largest absolute Gasteiger partial charge is 0.444 e. The number of rotatable bonds is 4. The van der Waals surface area contributed by atoms with Crippen molar-refractivity contribution >= 4 is 20.5 Å². The van der Waals surface area contributed by atoms with Gasteiger partial charge >= 0.3 is 6.09 Å². The molecule has 2 heterocycles. The predicted octanol–water partition coefficient (Wildman–Crippen LogP) is 5.54. The second kappa shape index (κ2) is 7.39. The molecule has 0 N–H and O–H groups in total. The highest BCUT2D eigenvalue weighted by molar-refractivity contribution is 6.74. The zero-order chi connectivity index (χ0) is 20.6. The Morgan fingerprint density at radius 2 is 1.96 bits per heavy atom. The molecule has 150 valence electrons. The Morgan fingerprint density at radius 3 is 2.48 bits per heavy atom. The Bertz CT molecular complexity index is 717. The van der Waals surface area contributed by atoms with Crippen LogP contribution in [0.15, 0.2) is 18.8 Å². The van der Waals surface area contributed by atoms with Crippen molar-refractivity contribution in [3.05, 3.63) is 35.7 Å². The van der Waals surface area contributed by atoms with Crippen molar-refractivity contribution in [3.63, 3.8) is 0 Å². The van der Waals surface area contributed by atoms with Crippen LogP contribution in [0.4, 0.5) is 4.79 Å². The molecule has 0 saturated carbocycles. The summed E-state index contributed by atoms with van der Waals surface area (Å²) in [4.78, 5) is 19.2. The van der Waals surface area contributed by atoms with Crippen LogP contribution in [0.3, 0.4) is 0 Å². The van der Waals surface area contributed by atoms with Gasteiger partial charge in [0.25, 0.3) is 0 Å². The molecular formula is C21H34N2O3Si. The number of carbonyl (C=O) groups excluding carboxylic acids is 1. The predicted molar refractivity (Wildman–Crippen MR) is 112 cm³/mol. The second-order valence-corrected chi connectivity index (χ2v) is 14.5. The molecule has 1 aromatic rings. The van der Waals surface area contributed by atoms with Gasteiger partial charge in [0.15, 0.2) is 8.32 Å². The summed E-state index contributed by atoms with van der Waals surface area (Å²) >= 11 is 0. The summed E-state index contributed by atoms with van der Waals surface area (Å²) in [5, 5.41) is 0.102. The van der Waals surface area contributed by atoms with Crippen molar-refractivity contribution in [2.75, 3.05) is 6.61 Å². The monoisotopic (exact) mass is 390 g/mol. The standard InChI is InChI=1S/C21H34N2O3Si/c1-10-15-11-16-13-23(19(24)26-20(2,3)4)17(18(16)22-12-15)14-25-27(8,9)21(5,6)7/h10-12,17H,1,13-14H2,2-9H3. The normalized spacial score (nSPS) is 17.6. The van der Waals surface area contributed by atoms with Crippen LogP contribution >= 0.6 is 0 Å². The van der Waals surface area contributed by atoms with Gasteiger partial charge in [-0.15, -0.1) is 0 Å². The summed E-state index contributed by atoms with van der Waals surface area (Å²) in [6.45, 7) is 21.4. The number of fused-ring (bicyclic) bond motifs is 1. The summed E-state index contributed by atoms with van der Waals surface area (Å²) in [5.74, 6) is 0. The van der Waals surface area contributed by atoms with E-state index >= 15 is 0 Å². The molecule has 0 aromatic carbocycles. The van der Waals surface area contributed by atoms with Gasteiger partial charge in [-0.05, 0) is 56.1 Å². The van der Waals surface area contributed by atoms with Crippen LogP contribution in [0, 0.1) is 0 Å². The third-order valence-corrected chi connectivity index (χ3v) is 9.83. The Labute approximate surface area is 164 Å². The van der Waals surface area contributed by atoms with Crippen molar-refractivity contribution in [2.45, 2.75) is 77.9 Å². The average molecular weight is 391 g/mol. The number of aromatic nitrogens is 1. The molecule has 0 spiro atoms. The Balaban J connectivity index is 2.30. The van der Waals surface area contributed by atoms with Gasteiger partial charge in [-0.3, -0.25) is 9.88 Å². The van der Waals surface area contributed by atoms with Gasteiger partial charge in [0.2, 0.25) is 0 Å². The van der Waals surface area contributed by atoms with Crippen LogP contribution in [0.2, 0.25) is 18.1 Å². The molecule has 1 atom stereocenters. The molecule has 1 aliphatic rings. The first-order chi connectivity index (χ1) is 12.2. The molecule has 2 rings (SSSR count). The number of carbonyl (C=O) groups is 1. The van der Waals surface area contributed by atoms with Crippen LogP contribution in [-0.4, -0.2) is 36.5 Å². The summed E-state index contributed by atoms with van der Waals surface area (Å²) in [7, 11) is -1.95. The van der Waals surface area contributed by atoms with Crippen molar-refractivity contribution in [1.29, 1.82) is 0 Å². The minimum atomic E-state index is -1.95. The fourth-order valence-corrected chi connectivity index (χ4v) is 3.71. The number of nitrogens with zero attached hydrogens (tertiary/aromatic N) is 2. The van der Waals surface area contributed by atoms with E-state index in [2.05, 4.69) is 45.4 Å². The van der Waals surface area contributed by atoms with Crippen LogP contribution in [0.5, 0.6) is 0 Å². The molecule has 5 nitrogen and oxygen atoms in total. The topological polar surface area (TPSA) is 51.7 Å². The SMILES string of the molecule is C=Cc1cnc2c(c1)CN(C(=O)OC(C)(C)C)C2CO[Si](C)(C)C(C)(C)C. The molecule has 0 fully saturated rings. The van der Waals surface area contributed by atoms with Gasteiger partial charge in [0.1, 0.15) is 11.6 Å². The van der Waals surface area contributed by atoms with Gasteiger partial charge in [-0.2, -0.15) is 0 Å². The van der Waals surface area contributed by atoms with Crippen LogP contribution in [0.25, 0.3) is 6.08 Å². The molecule has 6 heteroatoms. The van der Waals surface area contributed by atoms with Gasteiger partial charge < -0.3 is 9.16 Å². The Kier molecular flexibility index (Phi) is 5.93. The van der Waals surface area contributed by atoms with Gasteiger partial charge in [0.05, 0.1) is 18.8 Å². The van der Waals surface area contributed by atoms with Gasteiger partial charge in [-0.25, -0.2) is 4.79 Å². The molecule has 0 radical (unpaired) electrons. The lowest BCUT2D eigenvalue weighted by atomic mass is 10.1. The van der Waals surface area contributed by atoms with Crippen molar-refractivity contribution in [3.8, 4) is 0 Å². The molecule has 0 bridgehead atoms. The van der Waals surface area contributed by atoms with E-state index in [1.165, 1.54) is 0 Å². The van der Waals surface area contributed by atoms with E-state index in [-0.39, 0.29) is 17.2 Å². The first kappa shape index (κ1) is 21.6. The highest BCUT2D eigenvalue weighted by Gasteiger charge is 2.42. The van der Waals surface area contributed by atoms with E-state index in [1.807, 2.05) is 26.8 Å². The average Bonchev–Trinajstić information content (AvgIpc) is 2.88. The van der Waals surface area contributed by atoms with E-state index in [9.17, 15) is 4.79 Å². The van der Waals surface area contributed by atoms with E-state index in [1.54, 1.807) is 17.2 Å². The fraction of sp³-hybridized carbons (Fsp3) is 0.619. The zero-order valence-corrected chi connectivity index (χ0v) is 19.0. The molecule has 1 unspecified atom stereocenters.